The summed E-state index contributed by atoms with van der Waals surface area (Å²) >= 11 is 6.13. The normalized spacial score (nSPS) is 11.7. The van der Waals surface area contributed by atoms with Gasteiger partial charge in [-0.3, -0.25) is 14.6 Å². The molecular formula is C20H21ClN6O2. The quantitative estimate of drug-likeness (QED) is 0.643. The summed E-state index contributed by atoms with van der Waals surface area (Å²) in [7, 11) is 1.70. The number of carbonyl (C=O) groups is 2. The Balaban J connectivity index is 1.76. The number of likely N-dealkylation sites (N-methyl/N-ethyl adjacent to an activating group) is 1. The average Bonchev–Trinajstić information content (AvgIpc) is 3.28. The minimum atomic E-state index is -0.283. The van der Waals surface area contributed by atoms with Crippen LogP contribution in [0.4, 0.5) is 0 Å². The molecule has 9 heteroatoms. The summed E-state index contributed by atoms with van der Waals surface area (Å²) in [5.41, 5.74) is 1.24. The average molecular weight is 413 g/mol. The van der Waals surface area contributed by atoms with E-state index in [0.29, 0.717) is 34.9 Å². The Morgan fingerprint density at radius 3 is 2.59 bits per heavy atom. The van der Waals surface area contributed by atoms with Crippen molar-refractivity contribution in [2.75, 3.05) is 13.6 Å². The van der Waals surface area contributed by atoms with Crippen LogP contribution < -0.4 is 5.32 Å². The van der Waals surface area contributed by atoms with Gasteiger partial charge in [0.15, 0.2) is 0 Å². The number of nitrogens with one attached hydrogen (secondary N) is 1. The molecule has 0 spiro atoms. The third-order valence-electron chi connectivity index (χ3n) is 4.56. The van der Waals surface area contributed by atoms with Crippen LogP contribution in [0.1, 0.15) is 34.2 Å². The van der Waals surface area contributed by atoms with Crippen LogP contribution in [-0.4, -0.2) is 56.3 Å². The molecule has 2 heterocycles. The van der Waals surface area contributed by atoms with Crippen molar-refractivity contribution >= 4 is 23.4 Å². The van der Waals surface area contributed by atoms with Crippen molar-refractivity contribution in [3.05, 3.63) is 71.3 Å². The van der Waals surface area contributed by atoms with Gasteiger partial charge in [-0.1, -0.05) is 24.6 Å². The molecule has 1 atom stereocenters. The van der Waals surface area contributed by atoms with E-state index < -0.39 is 0 Å². The number of hydrogen-bond acceptors (Lipinski definition) is 5. The van der Waals surface area contributed by atoms with E-state index in [2.05, 4.69) is 20.5 Å². The number of hydrogen-bond donors (Lipinski definition) is 1. The molecule has 0 saturated heterocycles. The topological polar surface area (TPSA) is 93.0 Å². The summed E-state index contributed by atoms with van der Waals surface area (Å²) in [6.45, 7) is 2.25. The Morgan fingerprint density at radius 2 is 1.93 bits per heavy atom. The van der Waals surface area contributed by atoms with Gasteiger partial charge in [-0.25, -0.2) is 0 Å². The lowest BCUT2D eigenvalue weighted by Crippen LogP contribution is -2.44. The summed E-state index contributed by atoms with van der Waals surface area (Å²) in [6, 6.07) is 9.90. The van der Waals surface area contributed by atoms with Crippen LogP contribution in [0.5, 0.6) is 0 Å². The number of carbonyl (C=O) groups excluding carboxylic acids is 2. The molecule has 2 amide bonds. The highest BCUT2D eigenvalue weighted by atomic mass is 35.5. The van der Waals surface area contributed by atoms with Crippen LogP contribution in [-0.2, 0) is 0 Å². The molecule has 1 N–H and O–H groups in total. The van der Waals surface area contributed by atoms with E-state index in [1.165, 1.54) is 17.2 Å². The zero-order valence-corrected chi connectivity index (χ0v) is 16.9. The van der Waals surface area contributed by atoms with Gasteiger partial charge in [0.2, 0.25) is 0 Å². The van der Waals surface area contributed by atoms with Gasteiger partial charge in [-0.05, 0) is 36.8 Å². The lowest BCUT2D eigenvalue weighted by molar-refractivity contribution is 0.0714. The third-order valence-corrected chi connectivity index (χ3v) is 4.79. The first-order valence-electron chi connectivity index (χ1n) is 9.14. The van der Waals surface area contributed by atoms with Crippen molar-refractivity contribution in [1.82, 2.24) is 30.2 Å². The van der Waals surface area contributed by atoms with Crippen molar-refractivity contribution in [3.8, 4) is 5.69 Å². The highest BCUT2D eigenvalue weighted by molar-refractivity contribution is 6.31. The Labute approximate surface area is 173 Å². The van der Waals surface area contributed by atoms with E-state index in [4.69, 9.17) is 11.6 Å². The Bertz CT molecular complexity index is 978. The lowest BCUT2D eigenvalue weighted by Gasteiger charge is -2.28. The van der Waals surface area contributed by atoms with Crippen molar-refractivity contribution in [2.24, 2.45) is 0 Å². The Morgan fingerprint density at radius 1 is 1.17 bits per heavy atom. The van der Waals surface area contributed by atoms with Crippen molar-refractivity contribution in [2.45, 2.75) is 19.4 Å². The predicted molar refractivity (Wildman–Crippen MR) is 109 cm³/mol. The van der Waals surface area contributed by atoms with E-state index in [9.17, 15) is 9.59 Å². The van der Waals surface area contributed by atoms with Crippen LogP contribution in [0.2, 0.25) is 5.02 Å². The fraction of sp³-hybridized carbons (Fsp3) is 0.250. The number of amides is 2. The van der Waals surface area contributed by atoms with E-state index in [1.807, 2.05) is 6.92 Å². The van der Waals surface area contributed by atoms with Crippen molar-refractivity contribution < 1.29 is 9.59 Å². The third kappa shape index (κ3) is 4.78. The van der Waals surface area contributed by atoms with Gasteiger partial charge in [0, 0.05) is 30.9 Å². The van der Waals surface area contributed by atoms with Gasteiger partial charge in [0.1, 0.15) is 5.69 Å². The maximum absolute atomic E-state index is 13.2. The molecule has 0 aliphatic rings. The fourth-order valence-corrected chi connectivity index (χ4v) is 3.08. The molecule has 0 aliphatic carbocycles. The molecule has 0 unspecified atom stereocenters. The summed E-state index contributed by atoms with van der Waals surface area (Å²) in [6.07, 6.45) is 5.29. The molecule has 150 valence electrons. The first-order chi connectivity index (χ1) is 14.0. The smallest absolute Gasteiger partial charge is 0.269 e. The molecular weight excluding hydrogens is 392 g/mol. The van der Waals surface area contributed by atoms with Gasteiger partial charge in [0.25, 0.3) is 11.8 Å². The lowest BCUT2D eigenvalue weighted by atomic mass is 10.1. The van der Waals surface area contributed by atoms with E-state index >= 15 is 0 Å². The summed E-state index contributed by atoms with van der Waals surface area (Å²) in [5.74, 6) is -0.521. The molecule has 3 aromatic rings. The zero-order chi connectivity index (χ0) is 20.8. The van der Waals surface area contributed by atoms with Crippen LogP contribution >= 0.6 is 11.6 Å². The van der Waals surface area contributed by atoms with Crippen LogP contribution in [0.25, 0.3) is 5.69 Å². The molecule has 1 aromatic carbocycles. The second kappa shape index (κ2) is 9.29. The van der Waals surface area contributed by atoms with Gasteiger partial charge in [-0.2, -0.15) is 15.0 Å². The molecule has 0 saturated carbocycles. The Kier molecular flexibility index (Phi) is 6.56. The molecule has 3 rings (SSSR count). The fourth-order valence-electron chi connectivity index (χ4n) is 2.90. The van der Waals surface area contributed by atoms with Gasteiger partial charge in [0.05, 0.1) is 23.6 Å². The molecule has 8 nitrogen and oxygen atoms in total. The highest BCUT2D eigenvalue weighted by Crippen LogP contribution is 2.21. The number of pyridine rings is 1. The number of nitrogens with zero attached hydrogens (tertiary/aromatic N) is 5. The van der Waals surface area contributed by atoms with E-state index in [0.717, 1.165) is 0 Å². The predicted octanol–water partition coefficient (Wildman–Crippen LogP) is 2.60. The van der Waals surface area contributed by atoms with Gasteiger partial charge < -0.3 is 10.2 Å². The van der Waals surface area contributed by atoms with Crippen LogP contribution in [0.3, 0.4) is 0 Å². The second-order valence-electron chi connectivity index (χ2n) is 6.38. The number of aromatic nitrogens is 4. The summed E-state index contributed by atoms with van der Waals surface area (Å²) in [4.78, 5) is 32.5. The summed E-state index contributed by atoms with van der Waals surface area (Å²) < 4.78 is 0. The second-order valence-corrected chi connectivity index (χ2v) is 6.82. The van der Waals surface area contributed by atoms with E-state index in [1.54, 1.807) is 54.5 Å². The SMILES string of the molecule is CC[C@@H](CNC(=O)c1ccccn1)N(C)C(=O)c1cc(Cl)ccc1-n1nccn1. The maximum atomic E-state index is 13.2. The molecule has 0 aliphatic heterocycles. The zero-order valence-electron chi connectivity index (χ0n) is 16.1. The van der Waals surface area contributed by atoms with Gasteiger partial charge >= 0.3 is 0 Å². The van der Waals surface area contributed by atoms with Crippen molar-refractivity contribution in [3.63, 3.8) is 0 Å². The van der Waals surface area contributed by atoms with Crippen LogP contribution in [0.15, 0.2) is 55.0 Å². The monoisotopic (exact) mass is 412 g/mol. The van der Waals surface area contributed by atoms with Crippen molar-refractivity contribution in [1.29, 1.82) is 0 Å². The molecule has 2 aromatic heterocycles. The summed E-state index contributed by atoms with van der Waals surface area (Å²) in [5, 5.41) is 11.5. The standard InChI is InChI=1S/C20H21ClN6O2/c1-3-15(13-23-19(28)17-6-4-5-9-22-17)26(2)20(29)16-12-14(21)7-8-18(16)27-24-10-11-25-27/h4-12,15H,3,13H2,1-2H3,(H,23,28)/t15-/m0/s1. The largest absolute Gasteiger partial charge is 0.349 e. The first-order valence-corrected chi connectivity index (χ1v) is 9.51. The van der Waals surface area contributed by atoms with E-state index in [-0.39, 0.29) is 17.9 Å². The number of halogens is 1. The van der Waals surface area contributed by atoms with Gasteiger partial charge in [-0.15, -0.1) is 0 Å². The minimum Gasteiger partial charge on any atom is -0.349 e. The molecule has 0 radical (unpaired) electrons. The number of rotatable bonds is 7. The minimum absolute atomic E-state index is 0.215. The highest BCUT2D eigenvalue weighted by Gasteiger charge is 2.24. The maximum Gasteiger partial charge on any atom is 0.269 e. The molecule has 0 fully saturated rings. The Hall–Kier alpha value is -3.26. The molecule has 29 heavy (non-hydrogen) atoms. The first kappa shape index (κ1) is 20.5. The number of benzene rings is 1. The van der Waals surface area contributed by atoms with Crippen LogP contribution in [0, 0.1) is 0 Å². The molecule has 0 bridgehead atoms.